The van der Waals surface area contributed by atoms with Gasteiger partial charge in [0, 0.05) is 0 Å². The summed E-state index contributed by atoms with van der Waals surface area (Å²) in [5.74, 6) is -5.80. The number of carbonyl (C=O) groups is 2. The van der Waals surface area contributed by atoms with Crippen LogP contribution < -0.4 is 0 Å². The van der Waals surface area contributed by atoms with Crippen molar-refractivity contribution in [2.45, 2.75) is 28.9 Å². The number of nitrogens with zero attached hydrogens (tertiary/aromatic N) is 2. The minimum absolute atomic E-state index is 0.283. The number of fused-ring (bicyclic) bond motifs is 1. The van der Waals surface area contributed by atoms with Crippen molar-refractivity contribution in [2.75, 3.05) is 0 Å². The summed E-state index contributed by atoms with van der Waals surface area (Å²) in [7, 11) is 0. The van der Waals surface area contributed by atoms with E-state index in [2.05, 4.69) is 10.1 Å². The van der Waals surface area contributed by atoms with Gasteiger partial charge in [-0.3, -0.25) is 14.7 Å². The fraction of sp³-hybridized carbons (Fsp3) is 0.636. The van der Waals surface area contributed by atoms with Crippen molar-refractivity contribution in [3.8, 4) is 0 Å². The molecule has 11 heteroatoms. The highest BCUT2D eigenvalue weighted by Gasteiger charge is 2.77. The molecule has 7 nitrogen and oxygen atoms in total. The van der Waals surface area contributed by atoms with Crippen molar-refractivity contribution in [1.82, 2.24) is 15.2 Å². The number of aliphatic carboxylic acids is 2. The number of halogens is 3. The first-order chi connectivity index (χ1) is 10.2. The molecular formula is C11H10F3N3O4S. The van der Waals surface area contributed by atoms with Crippen LogP contribution in [0.3, 0.4) is 0 Å². The lowest BCUT2D eigenvalue weighted by atomic mass is 10.00. The molecule has 1 aromatic heterocycles. The summed E-state index contributed by atoms with van der Waals surface area (Å²) in [5.41, 5.74) is 0. The van der Waals surface area contributed by atoms with Gasteiger partial charge in [0.15, 0.2) is 0 Å². The van der Waals surface area contributed by atoms with Gasteiger partial charge in [-0.05, 0) is 18.8 Å². The fourth-order valence-corrected chi connectivity index (χ4v) is 5.00. The number of rotatable bonds is 4. The normalized spacial score (nSPS) is 33.5. The van der Waals surface area contributed by atoms with Crippen LogP contribution in [0.25, 0.3) is 0 Å². The number of hydrogen-bond donors (Lipinski definition) is 3. The second-order valence-electron chi connectivity index (χ2n) is 5.31. The molecule has 1 aromatic rings. The first-order valence-corrected chi connectivity index (χ1v) is 7.13. The number of thioether (sulfide) groups is 1. The molecule has 4 atom stereocenters. The summed E-state index contributed by atoms with van der Waals surface area (Å²) < 4.78 is 36.3. The lowest BCUT2D eigenvalue weighted by Crippen LogP contribution is -2.29. The Labute approximate surface area is 125 Å². The van der Waals surface area contributed by atoms with Crippen molar-refractivity contribution in [3.05, 3.63) is 5.82 Å². The molecule has 120 valence electrons. The Hall–Kier alpha value is -1.78. The summed E-state index contributed by atoms with van der Waals surface area (Å²) in [5, 5.41) is 23.3. The molecule has 0 radical (unpaired) electrons. The number of alkyl halides is 3. The van der Waals surface area contributed by atoms with E-state index in [1.54, 1.807) is 5.10 Å². The molecule has 3 N–H and O–H groups in total. The predicted molar refractivity (Wildman–Crippen MR) is 64.9 cm³/mol. The van der Waals surface area contributed by atoms with Gasteiger partial charge in [0.2, 0.25) is 11.0 Å². The standard InChI is InChI=1S/C11H10F3N3O4S/c12-11(13,14)8-15-9(17-16-8)22-10-3(5(10)7(20)21)1-2-4(10)6(18)19/h3-5H,1-2H2,(H,18,19)(H,20,21)(H,15,16,17). The summed E-state index contributed by atoms with van der Waals surface area (Å²) >= 11 is 0.722. The maximum absolute atomic E-state index is 12.5. The summed E-state index contributed by atoms with van der Waals surface area (Å²) in [4.78, 5) is 25.9. The molecule has 0 amide bonds. The molecule has 3 rings (SSSR count). The number of carboxylic acids is 2. The van der Waals surface area contributed by atoms with Gasteiger partial charge < -0.3 is 10.2 Å². The van der Waals surface area contributed by atoms with E-state index in [-0.39, 0.29) is 11.1 Å². The molecule has 0 saturated heterocycles. The monoisotopic (exact) mass is 337 g/mol. The Bertz CT molecular complexity index is 649. The lowest BCUT2D eigenvalue weighted by Gasteiger charge is -2.18. The van der Waals surface area contributed by atoms with Gasteiger partial charge in [-0.25, -0.2) is 0 Å². The van der Waals surface area contributed by atoms with E-state index in [1.165, 1.54) is 0 Å². The third-order valence-corrected chi connectivity index (χ3v) is 5.80. The average Bonchev–Trinajstić information content (AvgIpc) is 2.75. The van der Waals surface area contributed by atoms with E-state index in [9.17, 15) is 33.0 Å². The van der Waals surface area contributed by atoms with Crippen LogP contribution in [0.1, 0.15) is 18.7 Å². The number of H-pyrrole nitrogens is 1. The Morgan fingerprint density at radius 3 is 2.41 bits per heavy atom. The van der Waals surface area contributed by atoms with Crippen molar-refractivity contribution in [1.29, 1.82) is 0 Å². The van der Waals surface area contributed by atoms with Crippen LogP contribution in [0.5, 0.6) is 0 Å². The Balaban J connectivity index is 1.89. The maximum Gasteiger partial charge on any atom is 0.451 e. The molecule has 2 aliphatic rings. The van der Waals surface area contributed by atoms with Crippen LogP contribution in [-0.4, -0.2) is 42.1 Å². The third kappa shape index (κ3) is 2.06. The van der Waals surface area contributed by atoms with Crippen LogP contribution in [0.15, 0.2) is 5.16 Å². The van der Waals surface area contributed by atoms with E-state index in [4.69, 9.17) is 0 Å². The van der Waals surface area contributed by atoms with Crippen LogP contribution in [-0.2, 0) is 15.8 Å². The molecule has 2 aliphatic carbocycles. The molecule has 0 spiro atoms. The van der Waals surface area contributed by atoms with Crippen molar-refractivity contribution < 1.29 is 33.0 Å². The summed E-state index contributed by atoms with van der Waals surface area (Å²) in [6.45, 7) is 0. The molecule has 2 fully saturated rings. The Morgan fingerprint density at radius 2 is 1.95 bits per heavy atom. The molecule has 0 bridgehead atoms. The van der Waals surface area contributed by atoms with Crippen molar-refractivity contribution >= 4 is 23.7 Å². The van der Waals surface area contributed by atoms with Gasteiger partial charge in [0.1, 0.15) is 0 Å². The zero-order valence-electron chi connectivity index (χ0n) is 10.8. The zero-order valence-corrected chi connectivity index (χ0v) is 11.6. The smallest absolute Gasteiger partial charge is 0.451 e. The highest BCUT2D eigenvalue weighted by atomic mass is 32.2. The SMILES string of the molecule is O=C(O)C1CCC2C(C(=O)O)C12Sc1n[nH]c(C(F)(F)F)n1. The van der Waals surface area contributed by atoms with E-state index >= 15 is 0 Å². The van der Waals surface area contributed by atoms with Gasteiger partial charge in [-0.2, -0.15) is 18.2 Å². The minimum Gasteiger partial charge on any atom is -0.481 e. The van der Waals surface area contributed by atoms with Gasteiger partial charge in [0.05, 0.1) is 16.6 Å². The highest BCUT2D eigenvalue weighted by Crippen LogP contribution is 2.72. The molecule has 22 heavy (non-hydrogen) atoms. The second-order valence-corrected chi connectivity index (χ2v) is 6.59. The second kappa shape index (κ2) is 4.61. The molecule has 0 aliphatic heterocycles. The quantitative estimate of drug-likeness (QED) is 0.762. The van der Waals surface area contributed by atoms with E-state index in [0.29, 0.717) is 12.8 Å². The lowest BCUT2D eigenvalue weighted by molar-refractivity contribution is -0.145. The Morgan fingerprint density at radius 1 is 1.27 bits per heavy atom. The fourth-order valence-electron chi connectivity index (χ4n) is 3.36. The third-order valence-electron chi connectivity index (χ3n) is 4.24. The minimum atomic E-state index is -4.69. The van der Waals surface area contributed by atoms with Crippen LogP contribution in [0.4, 0.5) is 13.2 Å². The zero-order chi connectivity index (χ0) is 16.3. The maximum atomic E-state index is 12.5. The van der Waals surface area contributed by atoms with Crippen LogP contribution >= 0.6 is 11.8 Å². The highest BCUT2D eigenvalue weighted by molar-refractivity contribution is 8.01. The van der Waals surface area contributed by atoms with Crippen molar-refractivity contribution in [3.63, 3.8) is 0 Å². The predicted octanol–water partition coefficient (Wildman–Crippen LogP) is 1.48. The van der Waals surface area contributed by atoms with Gasteiger partial charge in [-0.1, -0.05) is 11.8 Å². The average molecular weight is 337 g/mol. The van der Waals surface area contributed by atoms with E-state index in [1.807, 2.05) is 0 Å². The first kappa shape index (κ1) is 15.1. The summed E-state index contributed by atoms with van der Waals surface area (Å²) in [6.07, 6.45) is -3.98. The summed E-state index contributed by atoms with van der Waals surface area (Å²) in [6, 6.07) is 0. The largest absolute Gasteiger partial charge is 0.481 e. The van der Waals surface area contributed by atoms with Gasteiger partial charge >= 0.3 is 18.1 Å². The molecule has 2 saturated carbocycles. The number of aromatic amines is 1. The number of carboxylic acid groups (broad SMARTS) is 2. The number of nitrogens with one attached hydrogen (secondary N) is 1. The Kier molecular flexibility index (Phi) is 3.17. The van der Waals surface area contributed by atoms with E-state index < -0.39 is 40.5 Å². The van der Waals surface area contributed by atoms with Gasteiger partial charge in [0.25, 0.3) is 0 Å². The number of hydrogen-bond acceptors (Lipinski definition) is 5. The van der Waals surface area contributed by atoms with Crippen LogP contribution in [0.2, 0.25) is 0 Å². The molecular weight excluding hydrogens is 327 g/mol. The molecule has 1 heterocycles. The van der Waals surface area contributed by atoms with E-state index in [0.717, 1.165) is 11.8 Å². The van der Waals surface area contributed by atoms with Gasteiger partial charge in [-0.15, -0.1) is 5.10 Å². The molecule has 4 unspecified atom stereocenters. The van der Waals surface area contributed by atoms with Crippen LogP contribution in [0, 0.1) is 17.8 Å². The van der Waals surface area contributed by atoms with Crippen molar-refractivity contribution in [2.24, 2.45) is 17.8 Å². The molecule has 0 aromatic carbocycles. The number of aromatic nitrogens is 3. The topological polar surface area (TPSA) is 116 Å². The first-order valence-electron chi connectivity index (χ1n) is 6.32.